The van der Waals surface area contributed by atoms with Gasteiger partial charge < -0.3 is 20.1 Å². The average Bonchev–Trinajstić information content (AvgIpc) is 2.61. The Balaban J connectivity index is 2.61. The van der Waals surface area contributed by atoms with E-state index >= 15 is 0 Å². The van der Waals surface area contributed by atoms with E-state index < -0.39 is 17.6 Å². The van der Waals surface area contributed by atoms with Gasteiger partial charge in [-0.1, -0.05) is 12.8 Å². The SMILES string of the molecule is CCOC(C)(C)CNC(=O)N1CCCCCC1C(=O)O. The fourth-order valence-corrected chi connectivity index (χ4v) is 2.44. The van der Waals surface area contributed by atoms with Gasteiger partial charge in [-0.25, -0.2) is 9.59 Å². The van der Waals surface area contributed by atoms with Crippen molar-refractivity contribution in [2.75, 3.05) is 19.7 Å². The highest BCUT2D eigenvalue weighted by Crippen LogP contribution is 2.17. The van der Waals surface area contributed by atoms with Crippen LogP contribution in [-0.4, -0.2) is 53.3 Å². The van der Waals surface area contributed by atoms with Crippen molar-refractivity contribution in [3.05, 3.63) is 0 Å². The van der Waals surface area contributed by atoms with Crippen molar-refractivity contribution in [1.29, 1.82) is 0 Å². The fraction of sp³-hybridized carbons (Fsp3) is 0.857. The van der Waals surface area contributed by atoms with Gasteiger partial charge in [0.25, 0.3) is 0 Å². The third kappa shape index (κ3) is 5.00. The molecule has 6 heteroatoms. The van der Waals surface area contributed by atoms with Gasteiger partial charge >= 0.3 is 12.0 Å². The molecule has 0 aromatic carbocycles. The Hall–Kier alpha value is -1.30. The van der Waals surface area contributed by atoms with Gasteiger partial charge in [0.15, 0.2) is 0 Å². The van der Waals surface area contributed by atoms with Gasteiger partial charge in [-0.15, -0.1) is 0 Å². The van der Waals surface area contributed by atoms with E-state index in [-0.39, 0.29) is 6.03 Å². The van der Waals surface area contributed by atoms with Crippen molar-refractivity contribution in [3.63, 3.8) is 0 Å². The summed E-state index contributed by atoms with van der Waals surface area (Å²) in [5, 5.41) is 12.0. The first-order chi connectivity index (χ1) is 9.37. The number of amides is 2. The van der Waals surface area contributed by atoms with Crippen LogP contribution in [0, 0.1) is 0 Å². The summed E-state index contributed by atoms with van der Waals surface area (Å²) in [7, 11) is 0. The number of rotatable bonds is 5. The number of carboxylic acid groups (broad SMARTS) is 1. The van der Waals surface area contributed by atoms with Gasteiger partial charge in [-0.05, 0) is 33.6 Å². The Bertz CT molecular complexity index is 344. The quantitative estimate of drug-likeness (QED) is 0.808. The molecule has 0 aliphatic carbocycles. The van der Waals surface area contributed by atoms with Crippen LogP contribution in [0.15, 0.2) is 0 Å². The molecule has 1 aliphatic heterocycles. The minimum Gasteiger partial charge on any atom is -0.480 e. The largest absolute Gasteiger partial charge is 0.480 e. The van der Waals surface area contributed by atoms with Crippen LogP contribution in [0.4, 0.5) is 4.79 Å². The van der Waals surface area contributed by atoms with E-state index in [2.05, 4.69) is 5.32 Å². The van der Waals surface area contributed by atoms with Gasteiger partial charge in [0.2, 0.25) is 0 Å². The van der Waals surface area contributed by atoms with Crippen molar-refractivity contribution in [2.45, 2.75) is 58.1 Å². The van der Waals surface area contributed by atoms with Crippen LogP contribution in [0.1, 0.15) is 46.5 Å². The Labute approximate surface area is 120 Å². The smallest absolute Gasteiger partial charge is 0.326 e. The average molecular weight is 286 g/mol. The highest BCUT2D eigenvalue weighted by molar-refractivity contribution is 5.82. The maximum atomic E-state index is 12.2. The molecule has 1 saturated heterocycles. The number of aliphatic carboxylic acids is 1. The van der Waals surface area contributed by atoms with Crippen LogP contribution in [0.2, 0.25) is 0 Å². The molecule has 0 saturated carbocycles. The molecule has 6 nitrogen and oxygen atoms in total. The predicted octanol–water partition coefficient (Wildman–Crippen LogP) is 1.84. The van der Waals surface area contributed by atoms with Gasteiger partial charge in [0.05, 0.1) is 5.60 Å². The second-order valence-electron chi connectivity index (χ2n) is 5.75. The van der Waals surface area contributed by atoms with E-state index in [0.29, 0.717) is 26.1 Å². The lowest BCUT2D eigenvalue weighted by atomic mass is 10.1. The molecular weight excluding hydrogens is 260 g/mol. The lowest BCUT2D eigenvalue weighted by Gasteiger charge is -2.30. The van der Waals surface area contributed by atoms with E-state index in [4.69, 9.17) is 4.74 Å². The molecule has 2 amide bonds. The van der Waals surface area contributed by atoms with Crippen LogP contribution >= 0.6 is 0 Å². The molecule has 1 heterocycles. The number of ether oxygens (including phenoxy) is 1. The molecule has 0 bridgehead atoms. The Morgan fingerprint density at radius 3 is 2.65 bits per heavy atom. The lowest BCUT2D eigenvalue weighted by Crippen LogP contribution is -2.52. The first-order valence-electron chi connectivity index (χ1n) is 7.28. The number of hydrogen-bond donors (Lipinski definition) is 2. The highest BCUT2D eigenvalue weighted by Gasteiger charge is 2.31. The number of likely N-dealkylation sites (tertiary alicyclic amines) is 1. The van der Waals surface area contributed by atoms with Gasteiger partial charge in [0.1, 0.15) is 6.04 Å². The number of carbonyl (C=O) groups is 2. The summed E-state index contributed by atoms with van der Waals surface area (Å²) >= 11 is 0. The molecule has 1 aliphatic rings. The maximum absolute atomic E-state index is 12.2. The molecule has 0 radical (unpaired) electrons. The summed E-state index contributed by atoms with van der Waals surface area (Å²) in [6, 6.07) is -1.03. The van der Waals surface area contributed by atoms with Gasteiger partial charge in [-0.3, -0.25) is 0 Å². The number of urea groups is 1. The van der Waals surface area contributed by atoms with E-state index in [9.17, 15) is 14.7 Å². The molecule has 0 aromatic rings. The van der Waals surface area contributed by atoms with Crippen LogP contribution in [0.25, 0.3) is 0 Å². The second kappa shape index (κ2) is 7.47. The highest BCUT2D eigenvalue weighted by atomic mass is 16.5. The molecule has 20 heavy (non-hydrogen) atoms. The first-order valence-corrected chi connectivity index (χ1v) is 7.28. The maximum Gasteiger partial charge on any atom is 0.326 e. The summed E-state index contributed by atoms with van der Waals surface area (Å²) in [5.74, 6) is -0.925. The lowest BCUT2D eigenvalue weighted by molar-refractivity contribution is -0.142. The molecule has 1 rings (SSSR count). The predicted molar refractivity (Wildman–Crippen MR) is 75.7 cm³/mol. The third-order valence-electron chi connectivity index (χ3n) is 3.50. The molecule has 1 atom stereocenters. The van der Waals surface area contributed by atoms with Crippen molar-refractivity contribution in [3.8, 4) is 0 Å². The van der Waals surface area contributed by atoms with Crippen LogP contribution in [0.3, 0.4) is 0 Å². The topological polar surface area (TPSA) is 78.9 Å². The van der Waals surface area contributed by atoms with Crippen molar-refractivity contribution in [1.82, 2.24) is 10.2 Å². The third-order valence-corrected chi connectivity index (χ3v) is 3.50. The monoisotopic (exact) mass is 286 g/mol. The minimum atomic E-state index is -0.925. The molecular formula is C14H26N2O4. The zero-order chi connectivity index (χ0) is 15.2. The first kappa shape index (κ1) is 16.8. The van der Waals surface area contributed by atoms with Crippen LogP contribution in [0.5, 0.6) is 0 Å². The number of nitrogens with one attached hydrogen (secondary N) is 1. The molecule has 0 spiro atoms. The number of carboxylic acids is 1. The standard InChI is InChI=1S/C14H26N2O4/c1-4-20-14(2,3)10-15-13(19)16-9-7-5-6-8-11(16)12(17)18/h11H,4-10H2,1-3H3,(H,15,19)(H,17,18). The number of carbonyl (C=O) groups excluding carboxylic acids is 1. The molecule has 2 N–H and O–H groups in total. The van der Waals surface area contributed by atoms with E-state index in [1.807, 2.05) is 20.8 Å². The Morgan fingerprint density at radius 1 is 1.35 bits per heavy atom. The van der Waals surface area contributed by atoms with Crippen molar-refractivity contribution < 1.29 is 19.4 Å². The minimum absolute atomic E-state index is 0.313. The van der Waals surface area contributed by atoms with E-state index in [1.54, 1.807) is 0 Å². The Kier molecular flexibility index (Phi) is 6.26. The van der Waals surface area contributed by atoms with Crippen LogP contribution in [-0.2, 0) is 9.53 Å². The zero-order valence-corrected chi connectivity index (χ0v) is 12.6. The molecule has 1 unspecified atom stereocenters. The summed E-state index contributed by atoms with van der Waals surface area (Å²) in [6.45, 7) is 7.13. The molecule has 0 aromatic heterocycles. The molecule has 1 fully saturated rings. The number of hydrogen-bond acceptors (Lipinski definition) is 3. The Morgan fingerprint density at radius 2 is 2.05 bits per heavy atom. The fourth-order valence-electron chi connectivity index (χ4n) is 2.44. The summed E-state index contributed by atoms with van der Waals surface area (Å²) in [6.07, 6.45) is 3.20. The van der Waals surface area contributed by atoms with Crippen LogP contribution < -0.4 is 5.32 Å². The van der Waals surface area contributed by atoms with E-state index in [0.717, 1.165) is 19.3 Å². The van der Waals surface area contributed by atoms with Gasteiger partial charge in [0, 0.05) is 19.7 Å². The van der Waals surface area contributed by atoms with Gasteiger partial charge in [-0.2, -0.15) is 0 Å². The van der Waals surface area contributed by atoms with Crippen molar-refractivity contribution in [2.24, 2.45) is 0 Å². The van der Waals surface area contributed by atoms with Crippen molar-refractivity contribution >= 4 is 12.0 Å². The second-order valence-corrected chi connectivity index (χ2v) is 5.75. The summed E-state index contributed by atoms with van der Waals surface area (Å²) in [5.41, 5.74) is -0.449. The molecule has 116 valence electrons. The number of nitrogens with zero attached hydrogens (tertiary/aromatic N) is 1. The normalized spacial score (nSPS) is 20.4. The zero-order valence-electron chi connectivity index (χ0n) is 12.6. The van der Waals surface area contributed by atoms with E-state index in [1.165, 1.54) is 4.90 Å². The summed E-state index contributed by atoms with van der Waals surface area (Å²) < 4.78 is 5.52. The summed E-state index contributed by atoms with van der Waals surface area (Å²) in [4.78, 5) is 24.9.